The highest BCUT2D eigenvalue weighted by atomic mass is 15.1. The highest BCUT2D eigenvalue weighted by molar-refractivity contribution is 6.12. The van der Waals surface area contributed by atoms with E-state index in [1.807, 2.05) is 115 Å². The number of rotatable bonds is 7. The molecule has 7 nitrogen and oxygen atoms in total. The first-order chi connectivity index (χ1) is 33.5. The normalized spacial score (nSPS) is 13.8. The second-order valence-electron chi connectivity index (χ2n) is 16.4. The van der Waals surface area contributed by atoms with E-state index in [9.17, 15) is 0 Å². The molecule has 3 aromatic heterocycles. The standard InChI is InChI=1S/C57H39N7/c1-57(2)46-29-17-15-27-41(46)43-35-50-44(34-47(43)57)42-28-16-18-30-48(42)64(50)49-32-31-40(55-60-51(36-19-7-3-8-20-36)58-52(61-55)37-21-9-4-10-22-37)33-45(49)56-62-53(38-23-11-5-12-24-38)59-54(63-56)39-25-13-6-14-26-39/h3-35H,1-2H3/i5D,11D,12D,23D,24D. The van der Waals surface area contributed by atoms with Gasteiger partial charge in [0.2, 0.25) is 0 Å². The third-order valence-electron chi connectivity index (χ3n) is 12.2. The Kier molecular flexibility index (Phi) is 7.52. The maximum absolute atomic E-state index is 9.03. The van der Waals surface area contributed by atoms with Crippen molar-refractivity contribution in [3.8, 4) is 85.1 Å². The van der Waals surface area contributed by atoms with Crippen LogP contribution in [0.5, 0.6) is 0 Å². The molecule has 0 bridgehead atoms. The molecule has 1 aliphatic rings. The average molecular weight is 827 g/mol. The Morgan fingerprint density at radius 3 is 1.52 bits per heavy atom. The van der Waals surface area contributed by atoms with Gasteiger partial charge in [-0.15, -0.1) is 0 Å². The van der Waals surface area contributed by atoms with Crippen molar-refractivity contribution in [3.63, 3.8) is 0 Å². The molecule has 0 saturated carbocycles. The van der Waals surface area contributed by atoms with Crippen LogP contribution in [-0.4, -0.2) is 34.5 Å². The molecule has 0 radical (unpaired) electrons. The number of aromatic nitrogens is 7. The number of benzene rings is 8. The van der Waals surface area contributed by atoms with Crippen LogP contribution < -0.4 is 0 Å². The summed E-state index contributed by atoms with van der Waals surface area (Å²) in [5, 5.41) is 2.15. The Balaban J connectivity index is 1.18. The van der Waals surface area contributed by atoms with E-state index >= 15 is 0 Å². The van der Waals surface area contributed by atoms with Gasteiger partial charge in [0.1, 0.15) is 0 Å². The van der Waals surface area contributed by atoms with Crippen LogP contribution in [0.3, 0.4) is 0 Å². The molecule has 1 aliphatic carbocycles. The minimum atomic E-state index is -0.507. The van der Waals surface area contributed by atoms with Gasteiger partial charge in [-0.05, 0) is 58.7 Å². The lowest BCUT2D eigenvalue weighted by molar-refractivity contribution is 0.661. The molecule has 11 aromatic rings. The van der Waals surface area contributed by atoms with Crippen LogP contribution in [0.15, 0.2) is 200 Å². The lowest BCUT2D eigenvalue weighted by atomic mass is 9.82. The van der Waals surface area contributed by atoms with E-state index in [1.165, 1.54) is 16.7 Å². The summed E-state index contributed by atoms with van der Waals surface area (Å²) < 4.78 is 45.9. The van der Waals surface area contributed by atoms with Crippen molar-refractivity contribution < 1.29 is 6.85 Å². The lowest BCUT2D eigenvalue weighted by Crippen LogP contribution is -2.14. The van der Waals surface area contributed by atoms with Gasteiger partial charge in [-0.25, -0.2) is 29.9 Å². The zero-order valence-electron chi connectivity index (χ0n) is 39.8. The smallest absolute Gasteiger partial charge is 0.166 e. The van der Waals surface area contributed by atoms with E-state index in [0.717, 1.165) is 44.2 Å². The summed E-state index contributed by atoms with van der Waals surface area (Å²) in [6.45, 7) is 4.57. The molecular weight excluding hydrogens is 783 g/mol. The van der Waals surface area contributed by atoms with Crippen LogP contribution in [0.25, 0.3) is 107 Å². The summed E-state index contributed by atoms with van der Waals surface area (Å²) in [5.74, 6) is 1.82. The van der Waals surface area contributed by atoms with Crippen LogP contribution in [0, 0.1) is 0 Å². The SMILES string of the molecule is [2H]c1c([2H])c([2H])c(-c2nc(-c3ccccc3)nc(-c3cc(-c4nc(-c5ccccc5)nc(-c5ccccc5)n4)ccc3-n3c4ccccc4c4cc5c(cc43)-c3ccccc3C5(C)C)n2)c([2H])c1[2H]. The predicted octanol–water partition coefficient (Wildman–Crippen LogP) is 13.5. The molecule has 0 atom stereocenters. The van der Waals surface area contributed by atoms with Crippen molar-refractivity contribution in [2.24, 2.45) is 0 Å². The lowest BCUT2D eigenvalue weighted by Gasteiger charge is -2.21. The molecular formula is C57H39N7. The highest BCUT2D eigenvalue weighted by Gasteiger charge is 2.36. The first-order valence-corrected chi connectivity index (χ1v) is 21.1. The van der Waals surface area contributed by atoms with Crippen molar-refractivity contribution >= 4 is 21.8 Å². The quantitative estimate of drug-likeness (QED) is 0.159. The van der Waals surface area contributed by atoms with Crippen molar-refractivity contribution in [1.29, 1.82) is 0 Å². The summed E-state index contributed by atoms with van der Waals surface area (Å²) in [4.78, 5) is 30.2. The number of hydrogen-bond acceptors (Lipinski definition) is 6. The van der Waals surface area contributed by atoms with E-state index in [1.54, 1.807) is 0 Å². The number of fused-ring (bicyclic) bond motifs is 6. The summed E-state index contributed by atoms with van der Waals surface area (Å²) in [6, 6.07) is 54.2. The van der Waals surface area contributed by atoms with Gasteiger partial charge >= 0.3 is 0 Å². The molecule has 7 heteroatoms. The predicted molar refractivity (Wildman–Crippen MR) is 258 cm³/mol. The number of hydrogen-bond donors (Lipinski definition) is 0. The molecule has 0 fully saturated rings. The van der Waals surface area contributed by atoms with Gasteiger partial charge in [-0.3, -0.25) is 0 Å². The summed E-state index contributed by atoms with van der Waals surface area (Å²) in [7, 11) is 0. The van der Waals surface area contributed by atoms with Gasteiger partial charge in [-0.1, -0.05) is 178 Å². The fraction of sp³-hybridized carbons (Fsp3) is 0.0526. The minimum Gasteiger partial charge on any atom is -0.308 e. The maximum atomic E-state index is 9.03. The van der Waals surface area contributed by atoms with Crippen LogP contribution in [0.2, 0.25) is 0 Å². The van der Waals surface area contributed by atoms with Gasteiger partial charge < -0.3 is 4.57 Å². The van der Waals surface area contributed by atoms with Gasteiger partial charge in [-0.2, -0.15) is 0 Å². The van der Waals surface area contributed by atoms with E-state index in [0.29, 0.717) is 34.2 Å². The second-order valence-corrected chi connectivity index (χ2v) is 16.4. The van der Waals surface area contributed by atoms with E-state index in [2.05, 4.69) is 73.0 Å². The first-order valence-electron chi connectivity index (χ1n) is 23.6. The molecule has 0 amide bonds. The van der Waals surface area contributed by atoms with Gasteiger partial charge in [0.15, 0.2) is 34.9 Å². The average Bonchev–Trinajstić information content (AvgIpc) is 3.84. The van der Waals surface area contributed by atoms with Crippen molar-refractivity contribution in [3.05, 3.63) is 211 Å². The third kappa shape index (κ3) is 6.20. The highest BCUT2D eigenvalue weighted by Crippen LogP contribution is 2.51. The van der Waals surface area contributed by atoms with Crippen LogP contribution in [0.1, 0.15) is 31.8 Å². The van der Waals surface area contributed by atoms with Crippen molar-refractivity contribution in [2.75, 3.05) is 0 Å². The Morgan fingerprint density at radius 1 is 0.375 bits per heavy atom. The molecule has 0 aliphatic heterocycles. The zero-order valence-corrected chi connectivity index (χ0v) is 34.8. The first kappa shape index (κ1) is 32.3. The van der Waals surface area contributed by atoms with Gasteiger partial charge in [0.25, 0.3) is 0 Å². The molecule has 0 unspecified atom stereocenters. The summed E-state index contributed by atoms with van der Waals surface area (Å²) in [6.07, 6.45) is 0. The third-order valence-corrected chi connectivity index (χ3v) is 12.2. The topological polar surface area (TPSA) is 82.3 Å². The van der Waals surface area contributed by atoms with E-state index in [4.69, 9.17) is 36.8 Å². The number of para-hydroxylation sites is 1. The fourth-order valence-corrected chi connectivity index (χ4v) is 9.10. The second kappa shape index (κ2) is 14.9. The maximum Gasteiger partial charge on any atom is 0.166 e. The number of nitrogens with zero attached hydrogens (tertiary/aromatic N) is 7. The van der Waals surface area contributed by atoms with Crippen LogP contribution in [0.4, 0.5) is 0 Å². The van der Waals surface area contributed by atoms with Gasteiger partial charge in [0.05, 0.1) is 23.6 Å². The summed E-state index contributed by atoms with van der Waals surface area (Å²) >= 11 is 0. The van der Waals surface area contributed by atoms with Crippen LogP contribution in [-0.2, 0) is 5.41 Å². The molecule has 0 N–H and O–H groups in total. The molecule has 64 heavy (non-hydrogen) atoms. The van der Waals surface area contributed by atoms with Crippen molar-refractivity contribution in [1.82, 2.24) is 34.5 Å². The van der Waals surface area contributed by atoms with E-state index in [-0.39, 0.29) is 28.5 Å². The minimum absolute atomic E-state index is 0.0658. The Hall–Kier alpha value is -8.42. The van der Waals surface area contributed by atoms with E-state index < -0.39 is 30.2 Å². The Labute approximate surface area is 377 Å². The molecule has 302 valence electrons. The van der Waals surface area contributed by atoms with Crippen molar-refractivity contribution in [2.45, 2.75) is 19.3 Å². The molecule has 12 rings (SSSR count). The van der Waals surface area contributed by atoms with Gasteiger partial charge in [0, 0.05) is 49.6 Å². The summed E-state index contributed by atoms with van der Waals surface area (Å²) in [5.41, 5.74) is 10.7. The van der Waals surface area contributed by atoms with Crippen LogP contribution >= 0.6 is 0 Å². The molecule has 3 heterocycles. The monoisotopic (exact) mass is 826 g/mol. The fourth-order valence-electron chi connectivity index (χ4n) is 9.10. The molecule has 0 spiro atoms. The largest absolute Gasteiger partial charge is 0.308 e. The molecule has 8 aromatic carbocycles. The Bertz CT molecular complexity index is 3790. The molecule has 0 saturated heterocycles. The zero-order chi connectivity index (χ0) is 47.1. The Morgan fingerprint density at radius 2 is 0.891 bits per heavy atom.